The van der Waals surface area contributed by atoms with Crippen molar-refractivity contribution in [2.75, 3.05) is 25.0 Å². The van der Waals surface area contributed by atoms with Gasteiger partial charge in [0.2, 0.25) is 11.8 Å². The lowest BCUT2D eigenvalue weighted by molar-refractivity contribution is -0.124. The lowest BCUT2D eigenvalue weighted by Crippen LogP contribution is -2.44. The van der Waals surface area contributed by atoms with Gasteiger partial charge in [0.15, 0.2) is 0 Å². The van der Waals surface area contributed by atoms with Crippen LogP contribution in [-0.4, -0.2) is 41.5 Å². The summed E-state index contributed by atoms with van der Waals surface area (Å²) < 4.78 is 1.02. The third-order valence-corrected chi connectivity index (χ3v) is 6.03. The van der Waals surface area contributed by atoms with Crippen LogP contribution in [0.5, 0.6) is 5.75 Å². The van der Waals surface area contributed by atoms with Crippen LogP contribution in [0.4, 0.5) is 5.69 Å². The van der Waals surface area contributed by atoms with Gasteiger partial charge in [-0.3, -0.25) is 14.5 Å². The summed E-state index contributed by atoms with van der Waals surface area (Å²) in [6, 6.07) is 14.7. The minimum atomic E-state index is -0.116. The minimum absolute atomic E-state index is 0.00174. The summed E-state index contributed by atoms with van der Waals surface area (Å²) in [5.74, 6) is -0.130. The van der Waals surface area contributed by atoms with Crippen molar-refractivity contribution in [3.05, 3.63) is 58.6 Å². The molecule has 2 aromatic carbocycles. The summed E-state index contributed by atoms with van der Waals surface area (Å²) >= 11 is 3.44. The molecule has 2 amide bonds. The van der Waals surface area contributed by atoms with Crippen LogP contribution >= 0.6 is 15.9 Å². The van der Waals surface area contributed by atoms with Crippen LogP contribution in [0, 0.1) is 5.92 Å². The van der Waals surface area contributed by atoms with Gasteiger partial charge in [-0.1, -0.05) is 47.1 Å². The molecule has 1 aliphatic heterocycles. The highest BCUT2D eigenvalue weighted by Gasteiger charge is 2.26. The first-order valence-electron chi connectivity index (χ1n) is 10.3. The zero-order valence-electron chi connectivity index (χ0n) is 17.1. The number of aromatic hydroxyl groups is 1. The van der Waals surface area contributed by atoms with Crippen LogP contribution in [0.25, 0.3) is 0 Å². The van der Waals surface area contributed by atoms with Gasteiger partial charge in [-0.05, 0) is 62.2 Å². The van der Waals surface area contributed by atoms with Gasteiger partial charge in [-0.25, -0.2) is 0 Å². The van der Waals surface area contributed by atoms with E-state index in [4.69, 9.17) is 0 Å². The van der Waals surface area contributed by atoms with Crippen LogP contribution in [0.2, 0.25) is 0 Å². The molecule has 1 aliphatic rings. The van der Waals surface area contributed by atoms with E-state index in [0.29, 0.717) is 38.2 Å². The molecule has 1 atom stereocenters. The number of phenolic OH excluding ortho intramolecular Hbond substituents is 1. The molecule has 160 valence electrons. The number of benzene rings is 2. The van der Waals surface area contributed by atoms with Crippen molar-refractivity contribution in [2.24, 2.45) is 5.92 Å². The monoisotopic (exact) mass is 473 g/mol. The highest BCUT2D eigenvalue weighted by Crippen LogP contribution is 2.25. The SMILES string of the molecule is CC[C@@H](NC(=O)CN1CCC(C(=O)Nc2ccccc2O)CC1)c1ccc(Br)cc1. The molecule has 2 aromatic rings. The largest absolute Gasteiger partial charge is 0.506 e. The number of hydrogen-bond donors (Lipinski definition) is 3. The molecule has 7 heteroatoms. The first-order valence-corrected chi connectivity index (χ1v) is 11.1. The Hall–Kier alpha value is -2.38. The Labute approximate surface area is 185 Å². The van der Waals surface area contributed by atoms with Crippen LogP contribution < -0.4 is 10.6 Å². The van der Waals surface area contributed by atoms with E-state index in [1.807, 2.05) is 24.3 Å². The molecule has 30 heavy (non-hydrogen) atoms. The van der Waals surface area contributed by atoms with Crippen LogP contribution in [-0.2, 0) is 9.59 Å². The fourth-order valence-electron chi connectivity index (χ4n) is 3.73. The van der Waals surface area contributed by atoms with Gasteiger partial charge in [0.25, 0.3) is 0 Å². The van der Waals surface area contributed by atoms with E-state index in [-0.39, 0.29) is 29.5 Å². The Morgan fingerprint density at radius 2 is 1.80 bits per heavy atom. The molecule has 0 aromatic heterocycles. The number of phenols is 1. The van der Waals surface area contributed by atoms with Crippen molar-refractivity contribution in [3.63, 3.8) is 0 Å². The average molecular weight is 474 g/mol. The van der Waals surface area contributed by atoms with Crippen molar-refractivity contribution in [2.45, 2.75) is 32.2 Å². The van der Waals surface area contributed by atoms with Crippen LogP contribution in [0.1, 0.15) is 37.8 Å². The maximum absolute atomic E-state index is 12.5. The Kier molecular flexibility index (Phi) is 7.87. The zero-order chi connectivity index (χ0) is 21.5. The molecule has 0 aliphatic carbocycles. The number of carbonyl (C=O) groups excluding carboxylic acids is 2. The number of carbonyl (C=O) groups is 2. The highest BCUT2D eigenvalue weighted by molar-refractivity contribution is 9.10. The van der Waals surface area contributed by atoms with Gasteiger partial charge in [-0.2, -0.15) is 0 Å². The number of piperidine rings is 1. The summed E-state index contributed by atoms with van der Waals surface area (Å²) in [6.07, 6.45) is 2.20. The number of para-hydroxylation sites is 2. The Morgan fingerprint density at radius 1 is 1.13 bits per heavy atom. The number of halogens is 1. The molecule has 0 bridgehead atoms. The van der Waals surface area contributed by atoms with E-state index in [2.05, 4.69) is 38.4 Å². The number of hydrogen-bond acceptors (Lipinski definition) is 4. The Morgan fingerprint density at radius 3 is 2.43 bits per heavy atom. The molecule has 6 nitrogen and oxygen atoms in total. The molecule has 1 saturated heterocycles. The molecule has 0 unspecified atom stereocenters. The fraction of sp³-hybridized carbons (Fsp3) is 0.391. The van der Waals surface area contributed by atoms with E-state index in [1.54, 1.807) is 24.3 Å². The van der Waals surface area contributed by atoms with Crippen LogP contribution in [0.15, 0.2) is 53.0 Å². The third-order valence-electron chi connectivity index (χ3n) is 5.50. The lowest BCUT2D eigenvalue weighted by Gasteiger charge is -2.31. The van der Waals surface area contributed by atoms with Crippen molar-refractivity contribution in [1.82, 2.24) is 10.2 Å². The minimum Gasteiger partial charge on any atom is -0.506 e. The molecular weight excluding hydrogens is 446 g/mol. The molecular formula is C23H28BrN3O3. The molecule has 1 fully saturated rings. The van der Waals surface area contributed by atoms with E-state index in [0.717, 1.165) is 16.5 Å². The maximum atomic E-state index is 12.5. The summed E-state index contributed by atoms with van der Waals surface area (Å²) in [5, 5.41) is 15.7. The van der Waals surface area contributed by atoms with E-state index < -0.39 is 0 Å². The second-order valence-corrected chi connectivity index (χ2v) is 8.55. The van der Waals surface area contributed by atoms with Crippen molar-refractivity contribution < 1.29 is 14.7 Å². The van der Waals surface area contributed by atoms with E-state index in [1.165, 1.54) is 0 Å². The highest BCUT2D eigenvalue weighted by atomic mass is 79.9. The fourth-order valence-corrected chi connectivity index (χ4v) is 3.99. The van der Waals surface area contributed by atoms with Crippen molar-refractivity contribution >= 4 is 33.4 Å². The molecule has 0 saturated carbocycles. The lowest BCUT2D eigenvalue weighted by atomic mass is 9.95. The predicted molar refractivity (Wildman–Crippen MR) is 121 cm³/mol. The smallest absolute Gasteiger partial charge is 0.234 e. The van der Waals surface area contributed by atoms with Crippen LogP contribution in [0.3, 0.4) is 0 Å². The third kappa shape index (κ3) is 6.06. The molecule has 0 radical (unpaired) electrons. The molecule has 0 spiro atoms. The van der Waals surface area contributed by atoms with E-state index in [9.17, 15) is 14.7 Å². The van der Waals surface area contributed by atoms with Gasteiger partial charge in [0.1, 0.15) is 5.75 Å². The number of nitrogens with zero attached hydrogens (tertiary/aromatic N) is 1. The van der Waals surface area contributed by atoms with Gasteiger partial charge < -0.3 is 15.7 Å². The summed E-state index contributed by atoms with van der Waals surface area (Å²) in [6.45, 7) is 3.78. The van der Waals surface area contributed by atoms with Gasteiger partial charge in [0, 0.05) is 10.4 Å². The normalized spacial score (nSPS) is 16.1. The molecule has 3 N–H and O–H groups in total. The molecule has 1 heterocycles. The van der Waals surface area contributed by atoms with E-state index >= 15 is 0 Å². The first kappa shape index (κ1) is 22.3. The zero-order valence-corrected chi connectivity index (χ0v) is 18.7. The number of anilines is 1. The number of amides is 2. The summed E-state index contributed by atoms with van der Waals surface area (Å²) in [7, 11) is 0. The summed E-state index contributed by atoms with van der Waals surface area (Å²) in [4.78, 5) is 27.1. The van der Waals surface area contributed by atoms with Gasteiger partial charge in [0.05, 0.1) is 18.3 Å². The Bertz CT molecular complexity index is 864. The van der Waals surface area contributed by atoms with Gasteiger partial charge >= 0.3 is 0 Å². The quantitative estimate of drug-likeness (QED) is 0.529. The van der Waals surface area contributed by atoms with Crippen molar-refractivity contribution in [1.29, 1.82) is 0 Å². The topological polar surface area (TPSA) is 81.7 Å². The predicted octanol–water partition coefficient (Wildman–Crippen LogP) is 4.07. The second kappa shape index (κ2) is 10.6. The first-order chi connectivity index (χ1) is 14.5. The number of rotatable bonds is 7. The van der Waals surface area contributed by atoms with Crippen molar-refractivity contribution in [3.8, 4) is 5.75 Å². The average Bonchev–Trinajstić information content (AvgIpc) is 2.75. The number of likely N-dealkylation sites (tertiary alicyclic amines) is 1. The maximum Gasteiger partial charge on any atom is 0.234 e. The summed E-state index contributed by atoms with van der Waals surface area (Å²) in [5.41, 5.74) is 1.52. The second-order valence-electron chi connectivity index (χ2n) is 7.64. The standard InChI is InChI=1S/C23H28BrN3O3/c1-2-19(16-7-9-18(24)10-8-16)25-22(29)15-27-13-11-17(12-14-27)23(30)26-20-5-3-4-6-21(20)28/h3-10,17,19,28H,2,11-15H2,1H3,(H,25,29)(H,26,30)/t19-/m1/s1. The number of nitrogens with one attached hydrogen (secondary N) is 2. The van der Waals surface area contributed by atoms with Gasteiger partial charge in [-0.15, -0.1) is 0 Å². The molecule has 3 rings (SSSR count). The Balaban J connectivity index is 1.45.